The van der Waals surface area contributed by atoms with E-state index in [0.717, 1.165) is 128 Å². The summed E-state index contributed by atoms with van der Waals surface area (Å²) in [4.78, 5) is 38.0. The molecule has 0 bridgehead atoms. The van der Waals surface area contributed by atoms with E-state index in [2.05, 4.69) is 148 Å². The molecule has 0 rings (SSSR count). The Hall–Kier alpha value is -4.71. The molecule has 68 heavy (non-hydrogen) atoms. The van der Waals surface area contributed by atoms with Gasteiger partial charge in [0.2, 0.25) is 0 Å². The second kappa shape index (κ2) is 54.9. The van der Waals surface area contributed by atoms with Gasteiger partial charge in [-0.05, 0) is 103 Å². The fraction of sp³-hybridized carbons (Fsp3) is 0.565. The molecule has 0 saturated carbocycles. The molecule has 0 aliphatic carbocycles. The van der Waals surface area contributed by atoms with E-state index in [4.69, 9.17) is 14.2 Å². The molecule has 0 aliphatic heterocycles. The van der Waals surface area contributed by atoms with Crippen molar-refractivity contribution in [3.63, 3.8) is 0 Å². The summed E-state index contributed by atoms with van der Waals surface area (Å²) in [5, 5.41) is 0. The van der Waals surface area contributed by atoms with Crippen molar-refractivity contribution >= 4 is 17.9 Å². The lowest BCUT2D eigenvalue weighted by Gasteiger charge is -2.18. The number of allylic oxidation sites excluding steroid dienone is 24. The van der Waals surface area contributed by atoms with Crippen LogP contribution in [0.5, 0.6) is 0 Å². The molecule has 0 aromatic carbocycles. The van der Waals surface area contributed by atoms with Gasteiger partial charge in [0.15, 0.2) is 6.10 Å². The predicted octanol–water partition coefficient (Wildman–Crippen LogP) is 18.0. The standard InChI is InChI=1S/C62H96O6/c1-4-7-10-13-16-19-22-25-27-29-31-33-34-37-40-43-46-49-52-55-61(64)67-58-59(57-66-60(63)54-51-48-45-42-39-36-24-21-18-15-12-9-6-3)68-62(65)56-53-50-47-44-41-38-35-32-30-28-26-23-20-17-14-11-8-5-2/h7,9-10,12,15-16,18-19,21,23-28,30-33,35,37,40,46,49,59H,4-6,8,11,13-14,17,20,22,29,34,36,38-39,41-45,47-48,50-58H2,1-3H3/b10-7-,12-9-,18-15-,19-16-,24-21-,26-23-,27-25-,30-28-,33-31-,35-32-,40-37-,49-46-. The van der Waals surface area contributed by atoms with Gasteiger partial charge in [-0.1, -0.05) is 231 Å². The molecule has 0 radical (unpaired) electrons. The number of carbonyl (C=O) groups is 3. The Balaban J connectivity index is 4.60. The quantitative estimate of drug-likeness (QED) is 0.0199. The lowest BCUT2D eigenvalue weighted by Crippen LogP contribution is -2.30. The summed E-state index contributed by atoms with van der Waals surface area (Å²) in [6.45, 7) is 6.25. The molecule has 0 aromatic heterocycles. The summed E-state index contributed by atoms with van der Waals surface area (Å²) >= 11 is 0. The zero-order chi connectivity index (χ0) is 49.3. The van der Waals surface area contributed by atoms with Gasteiger partial charge in [-0.3, -0.25) is 14.4 Å². The minimum absolute atomic E-state index is 0.127. The van der Waals surface area contributed by atoms with Gasteiger partial charge in [0.1, 0.15) is 13.2 Å². The van der Waals surface area contributed by atoms with Crippen molar-refractivity contribution < 1.29 is 28.6 Å². The molecule has 0 aromatic rings. The first-order valence-corrected chi connectivity index (χ1v) is 26.9. The van der Waals surface area contributed by atoms with Gasteiger partial charge in [-0.25, -0.2) is 0 Å². The molecular weight excluding hydrogens is 841 g/mol. The first kappa shape index (κ1) is 63.3. The highest BCUT2D eigenvalue weighted by molar-refractivity contribution is 5.71. The molecule has 6 heteroatoms. The van der Waals surface area contributed by atoms with Gasteiger partial charge in [0.05, 0.1) is 0 Å². The van der Waals surface area contributed by atoms with Crippen LogP contribution in [0.3, 0.4) is 0 Å². The Morgan fingerprint density at radius 3 is 1.12 bits per heavy atom. The monoisotopic (exact) mass is 937 g/mol. The van der Waals surface area contributed by atoms with Crippen LogP contribution < -0.4 is 0 Å². The molecule has 380 valence electrons. The Labute approximate surface area is 417 Å². The first-order valence-electron chi connectivity index (χ1n) is 26.9. The van der Waals surface area contributed by atoms with Gasteiger partial charge in [0.25, 0.3) is 0 Å². The lowest BCUT2D eigenvalue weighted by molar-refractivity contribution is -0.166. The summed E-state index contributed by atoms with van der Waals surface area (Å²) < 4.78 is 16.7. The third-order valence-electron chi connectivity index (χ3n) is 10.7. The molecule has 1 atom stereocenters. The maximum absolute atomic E-state index is 12.8. The normalized spacial score (nSPS) is 13.3. The van der Waals surface area contributed by atoms with Crippen LogP contribution >= 0.6 is 0 Å². The third kappa shape index (κ3) is 52.3. The van der Waals surface area contributed by atoms with Crippen molar-refractivity contribution in [1.29, 1.82) is 0 Å². The van der Waals surface area contributed by atoms with E-state index in [1.165, 1.54) is 32.1 Å². The van der Waals surface area contributed by atoms with Crippen molar-refractivity contribution in [2.75, 3.05) is 13.2 Å². The van der Waals surface area contributed by atoms with E-state index >= 15 is 0 Å². The van der Waals surface area contributed by atoms with Crippen LogP contribution in [0.4, 0.5) is 0 Å². The highest BCUT2D eigenvalue weighted by Crippen LogP contribution is 2.12. The smallest absolute Gasteiger partial charge is 0.306 e. The number of rotatable bonds is 46. The van der Waals surface area contributed by atoms with E-state index in [1.807, 2.05) is 18.2 Å². The number of unbranched alkanes of at least 4 members (excludes halogenated alkanes) is 15. The summed E-state index contributed by atoms with van der Waals surface area (Å²) in [5.74, 6) is -1.06. The minimum atomic E-state index is -0.835. The van der Waals surface area contributed by atoms with Crippen LogP contribution in [0.2, 0.25) is 0 Å². The van der Waals surface area contributed by atoms with Crippen LogP contribution in [-0.2, 0) is 28.6 Å². The molecule has 1 unspecified atom stereocenters. The van der Waals surface area contributed by atoms with Crippen LogP contribution in [0, 0.1) is 0 Å². The Kier molecular flexibility index (Phi) is 51.1. The van der Waals surface area contributed by atoms with Crippen LogP contribution in [0.15, 0.2) is 146 Å². The van der Waals surface area contributed by atoms with E-state index in [-0.39, 0.29) is 44.0 Å². The largest absolute Gasteiger partial charge is 0.462 e. The van der Waals surface area contributed by atoms with Crippen molar-refractivity contribution in [2.45, 2.75) is 213 Å². The van der Waals surface area contributed by atoms with E-state index in [1.54, 1.807) is 0 Å². The van der Waals surface area contributed by atoms with Gasteiger partial charge in [-0.15, -0.1) is 0 Å². The molecule has 0 N–H and O–H groups in total. The lowest BCUT2D eigenvalue weighted by atomic mass is 10.1. The van der Waals surface area contributed by atoms with Gasteiger partial charge in [-0.2, -0.15) is 0 Å². The maximum Gasteiger partial charge on any atom is 0.306 e. The highest BCUT2D eigenvalue weighted by Gasteiger charge is 2.19. The molecule has 0 heterocycles. The average molecular weight is 937 g/mol. The van der Waals surface area contributed by atoms with Gasteiger partial charge < -0.3 is 14.2 Å². The van der Waals surface area contributed by atoms with Gasteiger partial charge in [0, 0.05) is 19.3 Å². The fourth-order valence-corrected chi connectivity index (χ4v) is 6.70. The van der Waals surface area contributed by atoms with E-state index in [9.17, 15) is 14.4 Å². The number of hydrogen-bond donors (Lipinski definition) is 0. The number of hydrogen-bond acceptors (Lipinski definition) is 6. The molecule has 0 amide bonds. The minimum Gasteiger partial charge on any atom is -0.462 e. The highest BCUT2D eigenvalue weighted by atomic mass is 16.6. The third-order valence-corrected chi connectivity index (χ3v) is 10.7. The van der Waals surface area contributed by atoms with Crippen LogP contribution in [0.1, 0.15) is 207 Å². The second-order valence-electron chi connectivity index (χ2n) is 17.1. The van der Waals surface area contributed by atoms with Crippen molar-refractivity contribution in [1.82, 2.24) is 0 Å². The fourth-order valence-electron chi connectivity index (χ4n) is 6.70. The summed E-state index contributed by atoms with van der Waals surface area (Å²) in [7, 11) is 0. The summed E-state index contributed by atoms with van der Waals surface area (Å²) in [5.41, 5.74) is 0. The Morgan fingerprint density at radius 1 is 0.324 bits per heavy atom. The molecule has 6 nitrogen and oxygen atoms in total. The van der Waals surface area contributed by atoms with Crippen molar-refractivity contribution in [3.05, 3.63) is 146 Å². The second-order valence-corrected chi connectivity index (χ2v) is 17.1. The van der Waals surface area contributed by atoms with E-state index < -0.39 is 6.10 Å². The number of carbonyl (C=O) groups excluding carboxylic acids is 3. The van der Waals surface area contributed by atoms with E-state index in [0.29, 0.717) is 12.8 Å². The maximum atomic E-state index is 12.8. The average Bonchev–Trinajstić information content (AvgIpc) is 3.34. The molecule has 0 spiro atoms. The molecule has 0 fully saturated rings. The number of ether oxygens (including phenoxy) is 3. The van der Waals surface area contributed by atoms with Crippen LogP contribution in [0.25, 0.3) is 0 Å². The molecule has 0 aliphatic rings. The summed E-state index contributed by atoms with van der Waals surface area (Å²) in [6, 6.07) is 0. The predicted molar refractivity (Wildman–Crippen MR) is 292 cm³/mol. The molecular formula is C62H96O6. The van der Waals surface area contributed by atoms with Crippen molar-refractivity contribution in [2.24, 2.45) is 0 Å². The Morgan fingerprint density at radius 2 is 0.676 bits per heavy atom. The Bertz CT molecular complexity index is 1540. The van der Waals surface area contributed by atoms with Gasteiger partial charge >= 0.3 is 17.9 Å². The first-order chi connectivity index (χ1) is 33.5. The van der Waals surface area contributed by atoms with Crippen LogP contribution in [-0.4, -0.2) is 37.2 Å². The summed E-state index contributed by atoms with van der Waals surface area (Å²) in [6.07, 6.45) is 78.4. The zero-order valence-electron chi connectivity index (χ0n) is 43.3. The number of esters is 3. The molecule has 0 saturated heterocycles. The SMILES string of the molecule is CC\C=C/C=C\C=C/CCCCCCCC(=O)OCC(COC(=O)CC/C=C\C/C=C\C/C=C\C/C=C\C/C=C\C/C=C\CC)OC(=O)CCCCCCC\C=C/C=C\C=C/CCCCCCC. The van der Waals surface area contributed by atoms with Crippen molar-refractivity contribution in [3.8, 4) is 0 Å². The topological polar surface area (TPSA) is 78.9 Å². The zero-order valence-corrected chi connectivity index (χ0v) is 43.3.